The second-order valence-electron chi connectivity index (χ2n) is 8.97. The fourth-order valence-electron chi connectivity index (χ4n) is 5.19. The highest BCUT2D eigenvalue weighted by Crippen LogP contribution is 2.46. The molecular weight excluding hydrogens is 412 g/mol. The molecule has 3 aliphatic rings. The fraction of sp³-hybridized carbons (Fsp3) is 0.458. The Hall–Kier alpha value is -3.05. The van der Waals surface area contributed by atoms with Crippen molar-refractivity contribution < 1.29 is 13.6 Å². The van der Waals surface area contributed by atoms with Gasteiger partial charge in [-0.15, -0.1) is 0 Å². The highest BCUT2D eigenvalue weighted by atomic mass is 19.2. The Labute approximate surface area is 185 Å². The second-order valence-corrected chi connectivity index (χ2v) is 8.97. The third-order valence-corrected chi connectivity index (χ3v) is 7.00. The molecule has 0 spiro atoms. The monoisotopic (exact) mass is 437 g/mol. The van der Waals surface area contributed by atoms with E-state index < -0.39 is 17.2 Å². The molecule has 3 fully saturated rings. The van der Waals surface area contributed by atoms with Crippen molar-refractivity contribution in [3.8, 4) is 6.07 Å². The maximum Gasteiger partial charge on any atom is 0.223 e. The van der Waals surface area contributed by atoms with Crippen molar-refractivity contribution >= 4 is 11.7 Å². The van der Waals surface area contributed by atoms with Crippen LogP contribution in [-0.2, 0) is 10.3 Å². The number of anilines is 1. The maximum atomic E-state index is 14.2. The molecule has 1 aliphatic carbocycles. The lowest BCUT2D eigenvalue weighted by atomic mass is 10.0. The fourth-order valence-corrected chi connectivity index (χ4v) is 5.19. The number of amides is 1. The number of fused-ring (bicyclic) bond motifs is 2. The average Bonchev–Trinajstić information content (AvgIpc) is 3.54. The lowest BCUT2D eigenvalue weighted by molar-refractivity contribution is -0.132. The molecule has 1 N–H and O–H groups in total. The molecule has 1 aromatic carbocycles. The van der Waals surface area contributed by atoms with Gasteiger partial charge in [0.2, 0.25) is 5.91 Å². The van der Waals surface area contributed by atoms with E-state index in [-0.39, 0.29) is 18.0 Å². The lowest BCUT2D eigenvalue weighted by Gasteiger charge is -2.42. The minimum absolute atomic E-state index is 0.0809. The number of rotatable bonds is 6. The van der Waals surface area contributed by atoms with Gasteiger partial charge in [0.05, 0.1) is 5.56 Å². The van der Waals surface area contributed by atoms with E-state index in [1.807, 2.05) is 11.0 Å². The number of nitriles is 1. The van der Waals surface area contributed by atoms with Crippen molar-refractivity contribution in [3.05, 3.63) is 59.3 Å². The van der Waals surface area contributed by atoms with Gasteiger partial charge in [0, 0.05) is 55.4 Å². The predicted octanol–water partition coefficient (Wildman–Crippen LogP) is 3.08. The van der Waals surface area contributed by atoms with E-state index in [0.717, 1.165) is 37.6 Å². The summed E-state index contributed by atoms with van der Waals surface area (Å²) in [5.41, 5.74) is 0.339. The number of nitrogens with zero attached hydrogens (tertiary/aromatic N) is 4. The molecule has 1 amide bonds. The molecule has 32 heavy (non-hydrogen) atoms. The first kappa shape index (κ1) is 20.8. The summed E-state index contributed by atoms with van der Waals surface area (Å²) >= 11 is 0. The molecule has 2 unspecified atom stereocenters. The molecule has 2 bridgehead atoms. The van der Waals surface area contributed by atoms with E-state index >= 15 is 0 Å². The number of carbonyl (C=O) groups excluding carboxylic acids is 1. The van der Waals surface area contributed by atoms with E-state index in [1.54, 1.807) is 18.3 Å². The minimum Gasteiger partial charge on any atom is -0.347 e. The first-order valence-corrected chi connectivity index (χ1v) is 11.1. The van der Waals surface area contributed by atoms with Crippen LogP contribution in [0, 0.1) is 23.0 Å². The Balaban J connectivity index is 1.17. The molecule has 2 atom stereocenters. The molecule has 2 aromatic rings. The number of hydrogen-bond donors (Lipinski definition) is 1. The summed E-state index contributed by atoms with van der Waals surface area (Å²) in [4.78, 5) is 21.5. The van der Waals surface area contributed by atoms with E-state index in [1.165, 1.54) is 6.07 Å². The van der Waals surface area contributed by atoms with Crippen LogP contribution in [0.25, 0.3) is 0 Å². The number of nitrogens with one attached hydrogen (secondary N) is 1. The molecule has 8 heteroatoms. The van der Waals surface area contributed by atoms with Gasteiger partial charge in [-0.3, -0.25) is 4.79 Å². The number of pyridine rings is 1. The maximum absolute atomic E-state index is 14.2. The zero-order chi connectivity index (χ0) is 22.3. The van der Waals surface area contributed by atoms with Crippen molar-refractivity contribution in [1.82, 2.24) is 15.2 Å². The number of likely N-dealkylation sites (tertiary alicyclic amines) is 1. The van der Waals surface area contributed by atoms with Crippen LogP contribution in [0.1, 0.15) is 43.2 Å². The van der Waals surface area contributed by atoms with Crippen LogP contribution in [0.3, 0.4) is 0 Å². The van der Waals surface area contributed by atoms with Gasteiger partial charge in [0.1, 0.15) is 11.9 Å². The Bertz CT molecular complexity index is 1050. The number of halogens is 2. The van der Waals surface area contributed by atoms with Gasteiger partial charge in [-0.25, -0.2) is 13.8 Å². The largest absolute Gasteiger partial charge is 0.347 e. The molecular formula is C24H25F2N5O. The zero-order valence-corrected chi connectivity index (χ0v) is 17.7. The minimum atomic E-state index is -0.836. The van der Waals surface area contributed by atoms with Gasteiger partial charge < -0.3 is 15.1 Å². The van der Waals surface area contributed by atoms with Gasteiger partial charge >= 0.3 is 0 Å². The third-order valence-electron chi connectivity index (χ3n) is 7.00. The molecule has 5 rings (SSSR count). The molecule has 6 nitrogen and oxygen atoms in total. The van der Waals surface area contributed by atoms with Gasteiger partial charge in [-0.2, -0.15) is 5.26 Å². The number of benzene rings is 1. The van der Waals surface area contributed by atoms with E-state index in [2.05, 4.69) is 21.3 Å². The summed E-state index contributed by atoms with van der Waals surface area (Å²) in [6, 6.07) is 10.5. The average molecular weight is 437 g/mol. The van der Waals surface area contributed by atoms with Gasteiger partial charge in [0.25, 0.3) is 0 Å². The molecule has 1 saturated carbocycles. The normalized spacial score (nSPS) is 23.2. The number of piperazine rings is 1. The Kier molecular flexibility index (Phi) is 5.30. The Morgan fingerprint density at radius 1 is 1.19 bits per heavy atom. The standard InChI is InChI=1S/C24H25F2N5O/c25-20-3-1-2-19(23(20)26)24(9-10-24)29-11-8-22(32)30-14-17-5-6-18(15-30)31(17)21-7-4-16(12-27)13-28-21/h1-4,7,13,17-18,29H,5-6,8-11,14-15H2. The van der Waals surface area contributed by atoms with E-state index in [9.17, 15) is 13.6 Å². The SMILES string of the molecule is N#Cc1ccc(N2C3CCC2CN(C(=O)CCNC2(c4cccc(F)c4F)CC2)C3)nc1. The van der Waals surface area contributed by atoms with Gasteiger partial charge in [-0.1, -0.05) is 12.1 Å². The van der Waals surface area contributed by atoms with Crippen molar-refractivity contribution in [1.29, 1.82) is 5.26 Å². The third kappa shape index (κ3) is 3.71. The summed E-state index contributed by atoms with van der Waals surface area (Å²) in [5, 5.41) is 12.3. The number of hydrogen-bond acceptors (Lipinski definition) is 5. The highest BCUT2D eigenvalue weighted by molar-refractivity contribution is 5.77. The van der Waals surface area contributed by atoms with E-state index in [0.29, 0.717) is 37.2 Å². The van der Waals surface area contributed by atoms with Crippen LogP contribution in [0.2, 0.25) is 0 Å². The number of aromatic nitrogens is 1. The number of carbonyl (C=O) groups is 1. The lowest BCUT2D eigenvalue weighted by Crippen LogP contribution is -2.56. The summed E-state index contributed by atoms with van der Waals surface area (Å²) in [6.45, 7) is 1.74. The van der Waals surface area contributed by atoms with Crippen molar-refractivity contribution in [2.45, 2.75) is 49.7 Å². The summed E-state index contributed by atoms with van der Waals surface area (Å²) in [6.07, 6.45) is 5.41. The molecule has 166 valence electrons. The summed E-state index contributed by atoms with van der Waals surface area (Å²) in [5.74, 6) is -0.694. The molecule has 3 heterocycles. The van der Waals surface area contributed by atoms with Crippen LogP contribution in [0.4, 0.5) is 14.6 Å². The predicted molar refractivity (Wildman–Crippen MR) is 115 cm³/mol. The Morgan fingerprint density at radius 3 is 2.56 bits per heavy atom. The molecule has 2 aliphatic heterocycles. The summed E-state index contributed by atoms with van der Waals surface area (Å²) < 4.78 is 27.8. The van der Waals surface area contributed by atoms with Crippen molar-refractivity contribution in [3.63, 3.8) is 0 Å². The topological polar surface area (TPSA) is 72.3 Å². The first-order chi connectivity index (χ1) is 15.5. The smallest absolute Gasteiger partial charge is 0.223 e. The first-order valence-electron chi connectivity index (χ1n) is 11.1. The van der Waals surface area contributed by atoms with Gasteiger partial charge in [0.15, 0.2) is 11.6 Å². The van der Waals surface area contributed by atoms with Crippen LogP contribution < -0.4 is 10.2 Å². The quantitative estimate of drug-likeness (QED) is 0.752. The van der Waals surface area contributed by atoms with E-state index in [4.69, 9.17) is 5.26 Å². The second kappa shape index (κ2) is 8.14. The zero-order valence-electron chi connectivity index (χ0n) is 17.7. The van der Waals surface area contributed by atoms with Crippen LogP contribution in [0.15, 0.2) is 36.5 Å². The van der Waals surface area contributed by atoms with Gasteiger partial charge in [-0.05, 0) is 43.9 Å². The summed E-state index contributed by atoms with van der Waals surface area (Å²) in [7, 11) is 0. The van der Waals surface area contributed by atoms with Crippen molar-refractivity contribution in [2.24, 2.45) is 0 Å². The highest BCUT2D eigenvalue weighted by Gasteiger charge is 2.46. The van der Waals surface area contributed by atoms with Crippen LogP contribution in [-0.4, -0.2) is 47.5 Å². The molecule has 2 saturated heterocycles. The molecule has 1 aromatic heterocycles. The Morgan fingerprint density at radius 2 is 1.94 bits per heavy atom. The van der Waals surface area contributed by atoms with Crippen LogP contribution >= 0.6 is 0 Å². The van der Waals surface area contributed by atoms with Crippen molar-refractivity contribution in [2.75, 3.05) is 24.5 Å². The van der Waals surface area contributed by atoms with Crippen LogP contribution in [0.5, 0.6) is 0 Å². The molecule has 0 radical (unpaired) electrons.